The Morgan fingerprint density at radius 1 is 1.26 bits per heavy atom. The predicted molar refractivity (Wildman–Crippen MR) is 97.3 cm³/mol. The monoisotopic (exact) mass is 370 g/mol. The standard InChI is InChI=1S/C19H22N4O4/c1-5-8-23(10-15-21-22-18(27-15)14-7-6-9-26-14)19(25)17-11(2)16(13(4)24)12(3)20-17/h6-7,9,20H,5,8,10H2,1-4H3. The van der Waals surface area contributed by atoms with Crippen molar-refractivity contribution in [2.75, 3.05) is 6.54 Å². The molecule has 8 heteroatoms. The van der Waals surface area contributed by atoms with E-state index in [-0.39, 0.29) is 24.1 Å². The Morgan fingerprint density at radius 2 is 2.04 bits per heavy atom. The van der Waals surface area contributed by atoms with E-state index in [9.17, 15) is 9.59 Å². The number of aromatic amines is 1. The number of aryl methyl sites for hydroxylation is 1. The van der Waals surface area contributed by atoms with Gasteiger partial charge >= 0.3 is 0 Å². The third-order valence-corrected chi connectivity index (χ3v) is 4.31. The highest BCUT2D eigenvalue weighted by Crippen LogP contribution is 2.22. The van der Waals surface area contributed by atoms with Gasteiger partial charge in [0.15, 0.2) is 11.5 Å². The lowest BCUT2D eigenvalue weighted by Gasteiger charge is -2.20. The normalized spacial score (nSPS) is 11.0. The van der Waals surface area contributed by atoms with E-state index in [1.165, 1.54) is 13.2 Å². The van der Waals surface area contributed by atoms with E-state index >= 15 is 0 Å². The molecule has 0 saturated heterocycles. The Balaban J connectivity index is 1.84. The summed E-state index contributed by atoms with van der Waals surface area (Å²) in [4.78, 5) is 29.6. The number of nitrogens with zero attached hydrogens (tertiary/aromatic N) is 3. The molecule has 0 radical (unpaired) electrons. The maximum absolute atomic E-state index is 13.1. The van der Waals surface area contributed by atoms with Crippen molar-refractivity contribution < 1.29 is 18.4 Å². The number of amides is 1. The molecular weight excluding hydrogens is 348 g/mol. The molecule has 0 bridgehead atoms. The fourth-order valence-electron chi connectivity index (χ4n) is 3.15. The highest BCUT2D eigenvalue weighted by molar-refractivity contribution is 6.02. The highest BCUT2D eigenvalue weighted by Gasteiger charge is 2.25. The van der Waals surface area contributed by atoms with Gasteiger partial charge < -0.3 is 18.7 Å². The number of carbonyl (C=O) groups is 2. The summed E-state index contributed by atoms with van der Waals surface area (Å²) in [6, 6.07) is 3.45. The van der Waals surface area contributed by atoms with Crippen molar-refractivity contribution in [3.8, 4) is 11.7 Å². The Hall–Kier alpha value is -3.16. The number of hydrogen-bond acceptors (Lipinski definition) is 6. The van der Waals surface area contributed by atoms with Crippen LogP contribution in [0.15, 0.2) is 27.2 Å². The summed E-state index contributed by atoms with van der Waals surface area (Å²) in [7, 11) is 0. The first kappa shape index (κ1) is 18.6. The molecule has 0 aliphatic carbocycles. The van der Waals surface area contributed by atoms with Gasteiger partial charge in [-0.2, -0.15) is 0 Å². The summed E-state index contributed by atoms with van der Waals surface area (Å²) >= 11 is 0. The lowest BCUT2D eigenvalue weighted by atomic mass is 10.1. The zero-order valence-corrected chi connectivity index (χ0v) is 15.8. The van der Waals surface area contributed by atoms with E-state index in [1.54, 1.807) is 30.9 Å². The van der Waals surface area contributed by atoms with E-state index in [0.29, 0.717) is 40.7 Å². The molecule has 0 spiro atoms. The van der Waals surface area contributed by atoms with Crippen LogP contribution in [0.25, 0.3) is 11.7 Å². The van der Waals surface area contributed by atoms with Crippen LogP contribution in [0.4, 0.5) is 0 Å². The molecule has 3 aromatic heterocycles. The molecule has 0 unspecified atom stereocenters. The third-order valence-electron chi connectivity index (χ3n) is 4.31. The molecule has 8 nitrogen and oxygen atoms in total. The molecule has 3 aromatic rings. The van der Waals surface area contributed by atoms with Crippen molar-refractivity contribution in [3.05, 3.63) is 46.8 Å². The van der Waals surface area contributed by atoms with Gasteiger partial charge in [-0.05, 0) is 44.9 Å². The van der Waals surface area contributed by atoms with Gasteiger partial charge in [0.1, 0.15) is 5.69 Å². The number of Topliss-reactive ketones (excluding diaryl/α,β-unsaturated/α-hetero) is 1. The van der Waals surface area contributed by atoms with Crippen LogP contribution in [-0.2, 0) is 6.54 Å². The summed E-state index contributed by atoms with van der Waals surface area (Å²) in [5.74, 6) is 0.787. The lowest BCUT2D eigenvalue weighted by Crippen LogP contribution is -2.32. The Bertz CT molecular complexity index is 953. The lowest BCUT2D eigenvalue weighted by molar-refractivity contribution is 0.0722. The van der Waals surface area contributed by atoms with E-state index in [0.717, 1.165) is 6.42 Å². The van der Waals surface area contributed by atoms with Crippen LogP contribution in [0.3, 0.4) is 0 Å². The number of hydrogen-bond donors (Lipinski definition) is 1. The van der Waals surface area contributed by atoms with Crippen molar-refractivity contribution in [2.24, 2.45) is 0 Å². The van der Waals surface area contributed by atoms with Gasteiger partial charge in [0.25, 0.3) is 11.8 Å². The average Bonchev–Trinajstić information content (AvgIpc) is 3.34. The number of rotatable bonds is 7. The van der Waals surface area contributed by atoms with Gasteiger partial charge in [0.2, 0.25) is 5.89 Å². The number of nitrogens with one attached hydrogen (secondary N) is 1. The first-order valence-corrected chi connectivity index (χ1v) is 8.78. The van der Waals surface area contributed by atoms with Crippen molar-refractivity contribution in [3.63, 3.8) is 0 Å². The van der Waals surface area contributed by atoms with Crippen LogP contribution in [0.2, 0.25) is 0 Å². The Morgan fingerprint density at radius 3 is 2.63 bits per heavy atom. The smallest absolute Gasteiger partial charge is 0.283 e. The van der Waals surface area contributed by atoms with Gasteiger partial charge in [0, 0.05) is 17.8 Å². The topological polar surface area (TPSA) is 105 Å². The van der Waals surface area contributed by atoms with Crippen molar-refractivity contribution in [2.45, 2.75) is 40.7 Å². The zero-order valence-electron chi connectivity index (χ0n) is 15.8. The predicted octanol–water partition coefficient (Wildman–Crippen LogP) is 3.53. The zero-order chi connectivity index (χ0) is 19.6. The van der Waals surface area contributed by atoms with E-state index in [2.05, 4.69) is 15.2 Å². The SMILES string of the molecule is CCCN(Cc1nnc(-c2ccco2)o1)C(=O)c1[nH]c(C)c(C(C)=O)c1C. The molecule has 0 fully saturated rings. The molecule has 0 aromatic carbocycles. The fourth-order valence-corrected chi connectivity index (χ4v) is 3.15. The van der Waals surface area contributed by atoms with Crippen molar-refractivity contribution in [1.29, 1.82) is 0 Å². The van der Waals surface area contributed by atoms with E-state index in [1.807, 2.05) is 6.92 Å². The molecule has 1 amide bonds. The molecule has 0 aliphatic heterocycles. The number of H-pyrrole nitrogens is 1. The second-order valence-corrected chi connectivity index (χ2v) is 6.39. The minimum Gasteiger partial charge on any atom is -0.459 e. The second-order valence-electron chi connectivity index (χ2n) is 6.39. The molecule has 0 atom stereocenters. The van der Waals surface area contributed by atoms with Gasteiger partial charge in [-0.1, -0.05) is 6.92 Å². The van der Waals surface area contributed by atoms with Gasteiger partial charge in [-0.15, -0.1) is 10.2 Å². The molecule has 142 valence electrons. The first-order valence-electron chi connectivity index (χ1n) is 8.78. The molecule has 0 saturated carbocycles. The second kappa shape index (κ2) is 7.61. The number of carbonyl (C=O) groups excluding carboxylic acids is 2. The van der Waals surface area contributed by atoms with Crippen LogP contribution < -0.4 is 0 Å². The first-order chi connectivity index (χ1) is 12.9. The Kier molecular flexibility index (Phi) is 5.25. The molecule has 0 aliphatic rings. The van der Waals surface area contributed by atoms with E-state index < -0.39 is 0 Å². The molecule has 1 N–H and O–H groups in total. The quantitative estimate of drug-likeness (QED) is 0.638. The van der Waals surface area contributed by atoms with E-state index in [4.69, 9.17) is 8.83 Å². The summed E-state index contributed by atoms with van der Waals surface area (Å²) < 4.78 is 10.9. The minimum absolute atomic E-state index is 0.0673. The van der Waals surface area contributed by atoms with Gasteiger partial charge in [-0.3, -0.25) is 9.59 Å². The highest BCUT2D eigenvalue weighted by atomic mass is 16.4. The molecule has 27 heavy (non-hydrogen) atoms. The number of furan rings is 1. The fraction of sp³-hybridized carbons (Fsp3) is 0.368. The molecule has 3 heterocycles. The summed E-state index contributed by atoms with van der Waals surface area (Å²) in [5.41, 5.74) is 2.33. The van der Waals surface area contributed by atoms with Crippen LogP contribution in [-0.4, -0.2) is 38.3 Å². The van der Waals surface area contributed by atoms with Crippen molar-refractivity contribution >= 4 is 11.7 Å². The van der Waals surface area contributed by atoms with Crippen LogP contribution in [0.5, 0.6) is 0 Å². The van der Waals surface area contributed by atoms with Gasteiger partial charge in [-0.25, -0.2) is 0 Å². The Labute approximate surface area is 156 Å². The largest absolute Gasteiger partial charge is 0.459 e. The summed E-state index contributed by atoms with van der Waals surface area (Å²) in [6.07, 6.45) is 2.29. The number of ketones is 1. The number of aromatic nitrogens is 3. The minimum atomic E-state index is -0.206. The summed E-state index contributed by atoms with van der Waals surface area (Å²) in [6.45, 7) is 7.74. The average molecular weight is 370 g/mol. The third kappa shape index (κ3) is 3.69. The summed E-state index contributed by atoms with van der Waals surface area (Å²) in [5, 5.41) is 7.97. The van der Waals surface area contributed by atoms with Crippen molar-refractivity contribution in [1.82, 2.24) is 20.1 Å². The molecule has 3 rings (SSSR count). The van der Waals surface area contributed by atoms with Crippen LogP contribution in [0, 0.1) is 13.8 Å². The molecular formula is C19H22N4O4. The van der Waals surface area contributed by atoms with Gasteiger partial charge in [0.05, 0.1) is 12.8 Å². The maximum atomic E-state index is 13.1. The maximum Gasteiger partial charge on any atom is 0.283 e. The van der Waals surface area contributed by atoms with Crippen LogP contribution in [0.1, 0.15) is 58.3 Å². The van der Waals surface area contributed by atoms with Crippen LogP contribution >= 0.6 is 0 Å².